The van der Waals surface area contributed by atoms with Crippen LogP contribution in [-0.4, -0.2) is 56.5 Å². The summed E-state index contributed by atoms with van der Waals surface area (Å²) in [7, 11) is -9.75. The van der Waals surface area contributed by atoms with E-state index in [4.69, 9.17) is 9.31 Å². The molecule has 0 atom stereocenters. The highest BCUT2D eigenvalue weighted by Crippen LogP contribution is 2.39. The van der Waals surface area contributed by atoms with Crippen molar-refractivity contribution in [3.63, 3.8) is 0 Å². The molecule has 2 aliphatic rings. The third-order valence-electron chi connectivity index (χ3n) is 7.93. The predicted molar refractivity (Wildman–Crippen MR) is 144 cm³/mol. The number of benzene rings is 2. The van der Waals surface area contributed by atoms with Gasteiger partial charge in [-0.15, -0.1) is 0 Å². The van der Waals surface area contributed by atoms with Crippen molar-refractivity contribution < 1.29 is 30.5 Å². The normalized spacial score (nSPS) is 20.0. The number of fused-ring (bicyclic) bond motifs is 1. The second kappa shape index (κ2) is 8.89. The number of nitrogens with zero attached hydrogens (tertiary/aromatic N) is 2. The van der Waals surface area contributed by atoms with Gasteiger partial charge in [-0.3, -0.25) is 0 Å². The molecule has 0 bridgehead atoms. The van der Waals surface area contributed by atoms with Gasteiger partial charge < -0.3 is 9.31 Å². The highest BCUT2D eigenvalue weighted by molar-refractivity contribution is 7.92. The number of hydrogen-bond acceptors (Lipinski definition) is 6. The highest BCUT2D eigenvalue weighted by Gasteiger charge is 2.53. The maximum absolute atomic E-state index is 15.8. The Morgan fingerprint density at radius 3 is 1.97 bits per heavy atom. The first-order chi connectivity index (χ1) is 17.6. The van der Waals surface area contributed by atoms with E-state index in [9.17, 15) is 16.8 Å². The zero-order valence-corrected chi connectivity index (χ0v) is 24.0. The number of hydrogen-bond donors (Lipinski definition) is 0. The van der Waals surface area contributed by atoms with Gasteiger partial charge in [-0.05, 0) is 89.7 Å². The summed E-state index contributed by atoms with van der Waals surface area (Å²) in [6.07, 6.45) is 1.33. The van der Waals surface area contributed by atoms with Crippen LogP contribution in [0.1, 0.15) is 51.7 Å². The number of halogens is 1. The molecule has 2 aromatic carbocycles. The summed E-state index contributed by atoms with van der Waals surface area (Å²) in [5, 5.41) is -0.383. The largest absolute Gasteiger partial charge is 0.495 e. The fourth-order valence-corrected chi connectivity index (χ4v) is 8.57. The fourth-order valence-electron chi connectivity index (χ4n) is 5.02. The lowest BCUT2D eigenvalue weighted by atomic mass is 9.74. The summed E-state index contributed by atoms with van der Waals surface area (Å²) >= 11 is 0. The van der Waals surface area contributed by atoms with Gasteiger partial charge in [0.1, 0.15) is 11.3 Å². The van der Waals surface area contributed by atoms with Crippen molar-refractivity contribution in [1.82, 2.24) is 8.28 Å². The molecule has 2 saturated heterocycles. The molecule has 2 aliphatic heterocycles. The van der Waals surface area contributed by atoms with Gasteiger partial charge in [-0.25, -0.2) is 25.2 Å². The summed E-state index contributed by atoms with van der Waals surface area (Å²) in [6, 6.07) is 8.47. The van der Waals surface area contributed by atoms with Gasteiger partial charge in [-0.1, -0.05) is 17.7 Å². The van der Waals surface area contributed by atoms with E-state index in [1.807, 2.05) is 34.6 Å². The minimum Gasteiger partial charge on any atom is -0.399 e. The first-order valence-electron chi connectivity index (χ1n) is 12.6. The number of aryl methyl sites for hydroxylation is 2. The van der Waals surface area contributed by atoms with E-state index in [0.717, 1.165) is 5.56 Å². The van der Waals surface area contributed by atoms with Gasteiger partial charge in [0, 0.05) is 18.5 Å². The van der Waals surface area contributed by atoms with E-state index in [1.54, 1.807) is 19.1 Å². The standard InChI is InChI=1S/C26H32BFN2O6S2/c1-17-9-11-19(12-10-17)37(31,32)30-22(38(33,34)29-13-7-8-14-29)16-20-23(18(2)15-21(28)24(20)30)27-35-25(3,4)26(5,6)36-27/h9-12,15-16H,7-8,13-14H2,1-6H3. The smallest absolute Gasteiger partial charge is 0.399 e. The first kappa shape index (κ1) is 27.3. The monoisotopic (exact) mass is 562 g/mol. The van der Waals surface area contributed by atoms with Crippen molar-refractivity contribution in [2.24, 2.45) is 0 Å². The third-order valence-corrected chi connectivity index (χ3v) is 11.6. The molecule has 8 nitrogen and oxygen atoms in total. The lowest BCUT2D eigenvalue weighted by Crippen LogP contribution is -2.41. The van der Waals surface area contributed by atoms with Crippen LogP contribution in [0.5, 0.6) is 0 Å². The molecule has 38 heavy (non-hydrogen) atoms. The van der Waals surface area contributed by atoms with Gasteiger partial charge in [-0.2, -0.15) is 4.31 Å². The Morgan fingerprint density at radius 1 is 0.868 bits per heavy atom. The van der Waals surface area contributed by atoms with E-state index >= 15 is 4.39 Å². The van der Waals surface area contributed by atoms with Crippen molar-refractivity contribution >= 4 is 43.5 Å². The second-order valence-corrected chi connectivity index (χ2v) is 14.8. The van der Waals surface area contributed by atoms with Crippen LogP contribution in [0.4, 0.5) is 4.39 Å². The van der Waals surface area contributed by atoms with Crippen molar-refractivity contribution in [1.29, 1.82) is 0 Å². The maximum atomic E-state index is 15.8. The Hall–Kier alpha value is -2.25. The number of sulfonamides is 1. The predicted octanol–water partition coefficient (Wildman–Crippen LogP) is 3.72. The Morgan fingerprint density at radius 2 is 1.42 bits per heavy atom. The average Bonchev–Trinajstić information content (AvgIpc) is 3.52. The molecule has 0 spiro atoms. The molecular formula is C26H32BFN2O6S2. The van der Waals surface area contributed by atoms with Crippen LogP contribution in [-0.2, 0) is 29.4 Å². The van der Waals surface area contributed by atoms with E-state index in [1.165, 1.54) is 28.6 Å². The molecule has 0 amide bonds. The fraction of sp³-hybridized carbons (Fsp3) is 0.462. The van der Waals surface area contributed by atoms with Crippen molar-refractivity contribution in [3.05, 3.63) is 53.3 Å². The van der Waals surface area contributed by atoms with E-state index in [2.05, 4.69) is 0 Å². The van der Waals surface area contributed by atoms with E-state index < -0.39 is 49.2 Å². The molecule has 12 heteroatoms. The molecule has 5 rings (SSSR count). The van der Waals surface area contributed by atoms with Gasteiger partial charge in [0.05, 0.1) is 16.1 Å². The van der Waals surface area contributed by atoms with Crippen molar-refractivity contribution in [3.8, 4) is 0 Å². The van der Waals surface area contributed by atoms with Crippen LogP contribution < -0.4 is 5.46 Å². The van der Waals surface area contributed by atoms with Crippen LogP contribution in [0.15, 0.2) is 46.3 Å². The SMILES string of the molecule is Cc1ccc(S(=O)(=O)n2c(S(=O)(=O)N3CCCC3)cc3c(B4OC(C)(C)C(C)(C)O4)c(C)cc(F)c32)cc1. The minimum absolute atomic E-state index is 0.120. The van der Waals surface area contributed by atoms with Gasteiger partial charge in [0.15, 0.2) is 5.03 Å². The highest BCUT2D eigenvalue weighted by atomic mass is 32.2. The Balaban J connectivity index is 1.85. The molecule has 1 aromatic heterocycles. The maximum Gasteiger partial charge on any atom is 0.495 e. The van der Waals surface area contributed by atoms with Crippen LogP contribution in [0, 0.1) is 19.7 Å². The molecule has 0 aliphatic carbocycles. The average molecular weight is 562 g/mol. The van der Waals surface area contributed by atoms with E-state index in [-0.39, 0.29) is 28.9 Å². The van der Waals surface area contributed by atoms with Crippen molar-refractivity contribution in [2.45, 2.75) is 75.5 Å². The molecular weight excluding hydrogens is 530 g/mol. The zero-order chi connectivity index (χ0) is 27.8. The Bertz CT molecular complexity index is 1630. The molecule has 2 fully saturated rings. The Labute approximate surface area is 224 Å². The van der Waals surface area contributed by atoms with Crippen LogP contribution in [0.25, 0.3) is 10.9 Å². The minimum atomic E-state index is -4.51. The summed E-state index contributed by atoms with van der Waals surface area (Å²) in [5.74, 6) is -0.851. The van der Waals surface area contributed by atoms with Gasteiger partial charge in [0.25, 0.3) is 20.0 Å². The van der Waals surface area contributed by atoms with Crippen LogP contribution in [0.2, 0.25) is 0 Å². The zero-order valence-electron chi connectivity index (χ0n) is 22.4. The summed E-state index contributed by atoms with van der Waals surface area (Å²) in [6.45, 7) is 11.5. The third kappa shape index (κ3) is 4.12. The Kier molecular flexibility index (Phi) is 6.39. The van der Waals surface area contributed by atoms with Crippen molar-refractivity contribution in [2.75, 3.05) is 13.1 Å². The topological polar surface area (TPSA) is 94.9 Å². The lowest BCUT2D eigenvalue weighted by Gasteiger charge is -2.32. The van der Waals surface area contributed by atoms with Crippen LogP contribution >= 0.6 is 0 Å². The molecule has 0 radical (unpaired) electrons. The molecule has 3 heterocycles. The quantitative estimate of drug-likeness (QED) is 0.440. The van der Waals surface area contributed by atoms with Gasteiger partial charge >= 0.3 is 7.12 Å². The van der Waals surface area contributed by atoms with Gasteiger partial charge in [0.2, 0.25) is 0 Å². The number of rotatable bonds is 5. The molecule has 0 unspecified atom stereocenters. The first-order valence-corrected chi connectivity index (χ1v) is 15.5. The van der Waals surface area contributed by atoms with E-state index in [0.29, 0.717) is 27.8 Å². The summed E-state index contributed by atoms with van der Waals surface area (Å²) in [5.41, 5.74) is -0.0912. The molecule has 204 valence electrons. The van der Waals surface area contributed by atoms with Crippen LogP contribution in [0.3, 0.4) is 0 Å². The number of aromatic nitrogens is 1. The lowest BCUT2D eigenvalue weighted by molar-refractivity contribution is 0.00578. The summed E-state index contributed by atoms with van der Waals surface area (Å²) in [4.78, 5) is -0.143. The molecule has 0 N–H and O–H groups in total. The second-order valence-electron chi connectivity index (χ2n) is 11.1. The molecule has 0 saturated carbocycles. The molecule has 3 aromatic rings. The summed E-state index contributed by atoms with van der Waals surface area (Å²) < 4.78 is 85.9.